The molecule has 3 atom stereocenters. The summed E-state index contributed by atoms with van der Waals surface area (Å²) < 4.78 is 23.1. The van der Waals surface area contributed by atoms with Crippen LogP contribution in [0, 0.1) is 0 Å². The molecule has 2 N–H and O–H groups in total. The lowest BCUT2D eigenvalue weighted by molar-refractivity contribution is -0.870. The average Bonchev–Trinajstić information content (AvgIpc) is 3.19. The Kier molecular flexibility index (Phi) is 39.4. The Bertz CT molecular complexity index is 1230. The molecular weight excluding hydrogens is 756 g/mol. The third kappa shape index (κ3) is 43.6. The van der Waals surface area contributed by atoms with E-state index < -0.39 is 20.0 Å². The molecule has 0 radical (unpaired) electrons. The van der Waals surface area contributed by atoms with E-state index in [0.717, 1.165) is 83.5 Å². The van der Waals surface area contributed by atoms with Crippen molar-refractivity contribution < 1.29 is 32.9 Å². The maximum absolute atomic E-state index is 12.8. The number of hydrogen-bond acceptors (Lipinski definition) is 6. The fourth-order valence-electron chi connectivity index (χ4n) is 6.15. The molecule has 3 unspecified atom stereocenters. The van der Waals surface area contributed by atoms with Gasteiger partial charge in [-0.25, -0.2) is 0 Å². The van der Waals surface area contributed by atoms with E-state index in [1.54, 1.807) is 6.08 Å². The number of aliphatic hydroxyl groups is 1. The van der Waals surface area contributed by atoms with E-state index in [4.69, 9.17) is 9.05 Å². The SMILES string of the molecule is CC/C=C\C/C=C\C/C=C\C/C=C\C/C=C\C/C=C\CCCCCCCCCCCCC(=O)NC(COP(=O)([O-])OCC[N+](C)(C)C)C(O)/C=C/CCCCCCCC. The first-order chi connectivity index (χ1) is 28.5. The Labute approximate surface area is 363 Å². The van der Waals surface area contributed by atoms with Crippen molar-refractivity contribution in [2.24, 2.45) is 0 Å². The van der Waals surface area contributed by atoms with Crippen molar-refractivity contribution in [3.63, 3.8) is 0 Å². The molecule has 0 aromatic rings. The van der Waals surface area contributed by atoms with E-state index in [-0.39, 0.29) is 19.1 Å². The monoisotopic (exact) mass is 845 g/mol. The van der Waals surface area contributed by atoms with E-state index in [1.807, 2.05) is 27.2 Å². The predicted molar refractivity (Wildman–Crippen MR) is 251 cm³/mol. The Morgan fingerprint density at radius 1 is 0.610 bits per heavy atom. The second kappa shape index (κ2) is 41.1. The highest BCUT2D eigenvalue weighted by Crippen LogP contribution is 2.38. The number of hydrogen-bond donors (Lipinski definition) is 2. The van der Waals surface area contributed by atoms with E-state index in [2.05, 4.69) is 92.1 Å². The molecule has 0 heterocycles. The van der Waals surface area contributed by atoms with Crippen LogP contribution in [0.2, 0.25) is 0 Å². The van der Waals surface area contributed by atoms with Gasteiger partial charge in [0, 0.05) is 6.42 Å². The zero-order valence-corrected chi connectivity index (χ0v) is 39.3. The van der Waals surface area contributed by atoms with E-state index in [9.17, 15) is 19.4 Å². The molecule has 0 saturated carbocycles. The first-order valence-electron chi connectivity index (χ1n) is 23.4. The molecule has 340 valence electrons. The third-order valence-electron chi connectivity index (χ3n) is 9.86. The van der Waals surface area contributed by atoms with Crippen molar-refractivity contribution in [2.45, 2.75) is 187 Å². The van der Waals surface area contributed by atoms with E-state index in [1.165, 1.54) is 70.6 Å². The van der Waals surface area contributed by atoms with Crippen molar-refractivity contribution in [1.82, 2.24) is 5.32 Å². The highest BCUT2D eigenvalue weighted by molar-refractivity contribution is 7.45. The van der Waals surface area contributed by atoms with Crippen LogP contribution in [-0.4, -0.2) is 68.5 Å². The van der Waals surface area contributed by atoms with Crippen molar-refractivity contribution in [1.29, 1.82) is 0 Å². The zero-order chi connectivity index (χ0) is 43.6. The number of amides is 1. The molecule has 1 amide bonds. The van der Waals surface area contributed by atoms with Crippen molar-refractivity contribution in [3.8, 4) is 0 Å². The number of rotatable bonds is 41. The summed E-state index contributed by atoms with van der Waals surface area (Å²) in [6.07, 6.45) is 56.5. The quantitative estimate of drug-likeness (QED) is 0.0275. The fraction of sp³-hybridized carbons (Fsp3) is 0.700. The van der Waals surface area contributed by atoms with Crippen LogP contribution in [0.4, 0.5) is 0 Å². The van der Waals surface area contributed by atoms with Crippen LogP contribution in [0.5, 0.6) is 0 Å². The van der Waals surface area contributed by atoms with Crippen molar-refractivity contribution in [3.05, 3.63) is 85.1 Å². The lowest BCUT2D eigenvalue weighted by atomic mass is 10.0. The normalized spacial score (nSPS) is 15.0. The smallest absolute Gasteiger partial charge is 0.268 e. The Morgan fingerprint density at radius 3 is 1.51 bits per heavy atom. The van der Waals surface area contributed by atoms with Crippen LogP contribution in [0.3, 0.4) is 0 Å². The number of carbonyl (C=O) groups excluding carboxylic acids is 1. The van der Waals surface area contributed by atoms with Crippen LogP contribution in [-0.2, 0) is 18.4 Å². The predicted octanol–water partition coefficient (Wildman–Crippen LogP) is 12.7. The largest absolute Gasteiger partial charge is 0.756 e. The molecule has 0 aromatic carbocycles. The molecule has 0 aliphatic carbocycles. The van der Waals surface area contributed by atoms with Gasteiger partial charge in [-0.05, 0) is 70.6 Å². The first kappa shape index (κ1) is 56.7. The minimum atomic E-state index is -4.59. The molecule has 0 rings (SSSR count). The average molecular weight is 845 g/mol. The molecule has 59 heavy (non-hydrogen) atoms. The Morgan fingerprint density at radius 2 is 1.03 bits per heavy atom. The summed E-state index contributed by atoms with van der Waals surface area (Å²) in [6.45, 7) is 4.46. The van der Waals surface area contributed by atoms with E-state index in [0.29, 0.717) is 17.4 Å². The van der Waals surface area contributed by atoms with Gasteiger partial charge in [0.2, 0.25) is 5.91 Å². The summed E-state index contributed by atoms with van der Waals surface area (Å²) in [5, 5.41) is 13.7. The Balaban J connectivity index is 4.13. The van der Waals surface area contributed by atoms with Gasteiger partial charge in [0.15, 0.2) is 0 Å². The van der Waals surface area contributed by atoms with Gasteiger partial charge in [0.1, 0.15) is 13.2 Å². The maximum Gasteiger partial charge on any atom is 0.268 e. The number of aliphatic hydroxyl groups excluding tert-OH is 1. The lowest BCUT2D eigenvalue weighted by Gasteiger charge is -2.29. The molecule has 0 fully saturated rings. The number of quaternary nitrogens is 1. The molecule has 0 aromatic heterocycles. The highest BCUT2D eigenvalue weighted by atomic mass is 31.2. The van der Waals surface area contributed by atoms with Crippen molar-refractivity contribution >= 4 is 13.7 Å². The van der Waals surface area contributed by atoms with Gasteiger partial charge in [-0.3, -0.25) is 9.36 Å². The topological polar surface area (TPSA) is 108 Å². The molecule has 0 aliphatic heterocycles. The standard InChI is InChI=1S/C50H89N2O6P/c1-6-8-10-12-14-16-17-18-19-20-21-22-23-24-25-26-27-28-29-30-31-32-33-34-35-36-38-40-42-44-50(54)51-48(47-58-59(55,56)57-46-45-52(3,4)5)49(53)43-41-39-37-15-13-11-9-7-2/h8,10,14,16,18-19,21-22,24-25,27-28,41,43,48-49,53H,6-7,9,11-13,15,17,20,23,26,29-40,42,44-47H2,1-5H3,(H-,51,54,55,56)/b10-8-,16-14-,19-18-,22-21-,25-24-,28-27-,43-41+. The summed E-state index contributed by atoms with van der Waals surface area (Å²) in [5.74, 6) is -0.210. The lowest BCUT2D eigenvalue weighted by Crippen LogP contribution is -2.45. The van der Waals surface area contributed by atoms with Gasteiger partial charge in [-0.15, -0.1) is 0 Å². The minimum absolute atomic E-state index is 0.00621. The van der Waals surface area contributed by atoms with Crippen LogP contribution in [0.15, 0.2) is 85.1 Å². The summed E-state index contributed by atoms with van der Waals surface area (Å²) in [6, 6.07) is -0.891. The zero-order valence-electron chi connectivity index (χ0n) is 38.4. The highest BCUT2D eigenvalue weighted by Gasteiger charge is 2.23. The summed E-state index contributed by atoms with van der Waals surface area (Å²) in [7, 11) is 1.24. The molecule has 8 nitrogen and oxygen atoms in total. The number of allylic oxidation sites excluding steroid dienone is 13. The number of nitrogens with one attached hydrogen (secondary N) is 1. The summed E-state index contributed by atoms with van der Waals surface area (Å²) >= 11 is 0. The number of phosphoric acid groups is 1. The molecule has 0 bridgehead atoms. The number of carbonyl (C=O) groups is 1. The van der Waals surface area contributed by atoms with E-state index >= 15 is 0 Å². The molecule has 0 saturated heterocycles. The van der Waals surface area contributed by atoms with Crippen LogP contribution in [0.25, 0.3) is 0 Å². The molecular formula is C50H89N2O6P. The maximum atomic E-state index is 12.8. The van der Waals surface area contributed by atoms with Crippen LogP contribution >= 0.6 is 7.82 Å². The van der Waals surface area contributed by atoms with Crippen LogP contribution in [0.1, 0.15) is 174 Å². The van der Waals surface area contributed by atoms with Crippen molar-refractivity contribution in [2.75, 3.05) is 40.9 Å². The fourth-order valence-corrected chi connectivity index (χ4v) is 6.88. The number of likely N-dealkylation sites (N-methyl/N-ethyl adjacent to an activating group) is 1. The van der Waals surface area contributed by atoms with Gasteiger partial charge in [-0.1, -0.05) is 182 Å². The number of nitrogens with zero attached hydrogens (tertiary/aromatic N) is 1. The minimum Gasteiger partial charge on any atom is -0.756 e. The van der Waals surface area contributed by atoms with Gasteiger partial charge in [0.25, 0.3) is 7.82 Å². The van der Waals surface area contributed by atoms with Gasteiger partial charge >= 0.3 is 0 Å². The molecule has 0 spiro atoms. The Hall–Kier alpha value is -2.32. The van der Waals surface area contributed by atoms with Crippen LogP contribution < -0.4 is 10.2 Å². The van der Waals surface area contributed by atoms with Gasteiger partial charge in [-0.2, -0.15) is 0 Å². The number of phosphoric ester groups is 1. The summed E-state index contributed by atoms with van der Waals surface area (Å²) in [5.41, 5.74) is 0. The van der Waals surface area contributed by atoms with Gasteiger partial charge < -0.3 is 28.8 Å². The second-order valence-electron chi connectivity index (χ2n) is 16.7. The molecule has 0 aliphatic rings. The second-order valence-corrected chi connectivity index (χ2v) is 18.1. The summed E-state index contributed by atoms with van der Waals surface area (Å²) in [4.78, 5) is 25.2. The number of unbranched alkanes of at least 4 members (excludes halogenated alkanes) is 16. The van der Waals surface area contributed by atoms with Gasteiger partial charge in [0.05, 0.1) is 39.9 Å². The molecule has 9 heteroatoms. The first-order valence-corrected chi connectivity index (χ1v) is 24.9. The third-order valence-corrected chi connectivity index (χ3v) is 10.8.